The largest absolute Gasteiger partial charge is 0.493 e. The summed E-state index contributed by atoms with van der Waals surface area (Å²) in [6.45, 7) is 3.30. The Hall–Kier alpha value is -1.97. The van der Waals surface area contributed by atoms with Crippen LogP contribution in [0.2, 0.25) is 0 Å². The molecule has 3 rings (SSSR count). The minimum Gasteiger partial charge on any atom is -0.493 e. The highest BCUT2D eigenvalue weighted by Crippen LogP contribution is 2.41. The number of hydrogen-bond donors (Lipinski definition) is 1. The molecule has 4 heteroatoms. The highest BCUT2D eigenvalue weighted by Gasteiger charge is 2.31. The Labute approximate surface area is 125 Å². The first-order valence-electron chi connectivity index (χ1n) is 7.40. The zero-order valence-electron chi connectivity index (χ0n) is 12.9. The Kier molecular flexibility index (Phi) is 3.62. The van der Waals surface area contributed by atoms with Crippen molar-refractivity contribution in [1.82, 2.24) is 4.98 Å². The van der Waals surface area contributed by atoms with Crippen molar-refractivity contribution in [2.75, 3.05) is 26.1 Å². The lowest BCUT2D eigenvalue weighted by Crippen LogP contribution is -2.33. The molecule has 112 valence electrons. The highest BCUT2D eigenvalue weighted by atomic mass is 16.5. The van der Waals surface area contributed by atoms with E-state index in [1.165, 1.54) is 19.3 Å². The molecule has 4 nitrogen and oxygen atoms in total. The fourth-order valence-electron chi connectivity index (χ4n) is 2.89. The van der Waals surface area contributed by atoms with Crippen molar-refractivity contribution in [2.45, 2.75) is 26.2 Å². The molecular formula is C17H22N2O2. The van der Waals surface area contributed by atoms with Crippen molar-refractivity contribution < 1.29 is 9.47 Å². The van der Waals surface area contributed by atoms with Crippen LogP contribution in [-0.4, -0.2) is 25.7 Å². The summed E-state index contributed by atoms with van der Waals surface area (Å²) in [4.78, 5) is 4.49. The Morgan fingerprint density at radius 3 is 2.52 bits per heavy atom. The van der Waals surface area contributed by atoms with E-state index in [4.69, 9.17) is 9.47 Å². The minimum atomic E-state index is 0.417. The van der Waals surface area contributed by atoms with Gasteiger partial charge >= 0.3 is 0 Å². The molecule has 0 spiro atoms. The summed E-state index contributed by atoms with van der Waals surface area (Å²) in [5.41, 5.74) is 0.417. The number of aromatic nitrogens is 1. The van der Waals surface area contributed by atoms with Gasteiger partial charge in [0.15, 0.2) is 11.5 Å². The SMILES string of the molecule is COc1cc2ccnc(NCC3(C)CCC3)c2cc1OC. The van der Waals surface area contributed by atoms with Gasteiger partial charge in [0.05, 0.1) is 14.2 Å². The predicted molar refractivity (Wildman–Crippen MR) is 85.3 cm³/mol. The van der Waals surface area contributed by atoms with Gasteiger partial charge in [0.1, 0.15) is 5.82 Å². The fraction of sp³-hybridized carbons (Fsp3) is 0.471. The van der Waals surface area contributed by atoms with Gasteiger partial charge in [-0.15, -0.1) is 0 Å². The van der Waals surface area contributed by atoms with Crippen LogP contribution in [0.15, 0.2) is 24.4 Å². The predicted octanol–water partition coefficient (Wildman–Crippen LogP) is 3.85. The van der Waals surface area contributed by atoms with E-state index in [2.05, 4.69) is 17.2 Å². The van der Waals surface area contributed by atoms with Gasteiger partial charge < -0.3 is 14.8 Å². The van der Waals surface area contributed by atoms with Gasteiger partial charge in [-0.25, -0.2) is 4.98 Å². The lowest BCUT2D eigenvalue weighted by atomic mass is 9.70. The Morgan fingerprint density at radius 1 is 1.19 bits per heavy atom. The van der Waals surface area contributed by atoms with E-state index in [-0.39, 0.29) is 0 Å². The Morgan fingerprint density at radius 2 is 1.90 bits per heavy atom. The number of hydrogen-bond acceptors (Lipinski definition) is 4. The van der Waals surface area contributed by atoms with Crippen LogP contribution in [0, 0.1) is 5.41 Å². The second-order valence-corrected chi connectivity index (χ2v) is 6.11. The maximum absolute atomic E-state index is 5.40. The van der Waals surface area contributed by atoms with Gasteiger partial charge in [-0.2, -0.15) is 0 Å². The fourth-order valence-corrected chi connectivity index (χ4v) is 2.89. The lowest BCUT2D eigenvalue weighted by molar-refractivity contribution is 0.180. The number of anilines is 1. The molecule has 0 unspecified atom stereocenters. The van der Waals surface area contributed by atoms with Crippen LogP contribution >= 0.6 is 0 Å². The maximum atomic E-state index is 5.40. The van der Waals surface area contributed by atoms with Crippen LogP contribution in [0.3, 0.4) is 0 Å². The Bertz CT molecular complexity index is 651. The second-order valence-electron chi connectivity index (χ2n) is 6.11. The van der Waals surface area contributed by atoms with E-state index < -0.39 is 0 Å². The van der Waals surface area contributed by atoms with Crippen LogP contribution in [0.25, 0.3) is 10.8 Å². The summed E-state index contributed by atoms with van der Waals surface area (Å²) >= 11 is 0. The number of benzene rings is 1. The van der Waals surface area contributed by atoms with Gasteiger partial charge in [-0.1, -0.05) is 13.3 Å². The smallest absolute Gasteiger partial charge is 0.161 e. The van der Waals surface area contributed by atoms with Gasteiger partial charge in [0, 0.05) is 18.1 Å². The highest BCUT2D eigenvalue weighted by molar-refractivity contribution is 5.94. The molecule has 0 saturated heterocycles. The number of pyridine rings is 1. The molecule has 1 aromatic carbocycles. The normalized spacial score (nSPS) is 16.3. The Balaban J connectivity index is 1.94. The maximum Gasteiger partial charge on any atom is 0.161 e. The molecule has 1 fully saturated rings. The molecule has 1 heterocycles. The molecule has 0 amide bonds. The van der Waals surface area contributed by atoms with Gasteiger partial charge in [-0.05, 0) is 41.8 Å². The summed E-state index contributed by atoms with van der Waals surface area (Å²) in [7, 11) is 3.31. The summed E-state index contributed by atoms with van der Waals surface area (Å²) in [6.07, 6.45) is 5.76. The van der Waals surface area contributed by atoms with E-state index in [9.17, 15) is 0 Å². The van der Waals surface area contributed by atoms with Crippen molar-refractivity contribution in [1.29, 1.82) is 0 Å². The average Bonchev–Trinajstić information content (AvgIpc) is 2.49. The number of nitrogens with zero attached hydrogens (tertiary/aromatic N) is 1. The summed E-state index contributed by atoms with van der Waals surface area (Å²) < 4.78 is 10.8. The molecule has 1 N–H and O–H groups in total. The topological polar surface area (TPSA) is 43.4 Å². The number of methoxy groups -OCH3 is 2. The summed E-state index contributed by atoms with van der Waals surface area (Å²) in [5, 5.41) is 5.68. The van der Waals surface area contributed by atoms with Crippen LogP contribution in [0.1, 0.15) is 26.2 Å². The molecule has 0 atom stereocenters. The molecule has 1 aromatic heterocycles. The molecule has 2 aromatic rings. The quantitative estimate of drug-likeness (QED) is 0.906. The molecule has 1 saturated carbocycles. The molecule has 1 aliphatic carbocycles. The second kappa shape index (κ2) is 5.43. The number of fused-ring (bicyclic) bond motifs is 1. The first-order chi connectivity index (χ1) is 10.1. The van der Waals surface area contributed by atoms with Gasteiger partial charge in [0.25, 0.3) is 0 Å². The van der Waals surface area contributed by atoms with Crippen LogP contribution in [-0.2, 0) is 0 Å². The number of rotatable bonds is 5. The zero-order chi connectivity index (χ0) is 14.9. The molecule has 0 bridgehead atoms. The summed E-state index contributed by atoms with van der Waals surface area (Å²) in [5.74, 6) is 2.39. The molecule has 0 radical (unpaired) electrons. The average molecular weight is 286 g/mol. The zero-order valence-corrected chi connectivity index (χ0v) is 12.9. The van der Waals surface area contributed by atoms with E-state index in [1.54, 1.807) is 14.2 Å². The van der Waals surface area contributed by atoms with Crippen LogP contribution < -0.4 is 14.8 Å². The third kappa shape index (κ3) is 2.62. The third-order valence-corrected chi connectivity index (χ3v) is 4.51. The first kappa shape index (κ1) is 14.0. The monoisotopic (exact) mass is 286 g/mol. The van der Waals surface area contributed by atoms with Crippen LogP contribution in [0.4, 0.5) is 5.82 Å². The van der Waals surface area contributed by atoms with Crippen molar-refractivity contribution >= 4 is 16.6 Å². The number of ether oxygens (including phenoxy) is 2. The lowest BCUT2D eigenvalue weighted by Gasteiger charge is -2.38. The third-order valence-electron chi connectivity index (χ3n) is 4.51. The molecule has 0 aliphatic heterocycles. The molecule has 1 aliphatic rings. The first-order valence-corrected chi connectivity index (χ1v) is 7.40. The van der Waals surface area contributed by atoms with Gasteiger partial charge in [0.2, 0.25) is 0 Å². The van der Waals surface area contributed by atoms with E-state index in [1.807, 2.05) is 24.4 Å². The molecular weight excluding hydrogens is 264 g/mol. The van der Waals surface area contributed by atoms with Gasteiger partial charge in [-0.3, -0.25) is 0 Å². The molecule has 21 heavy (non-hydrogen) atoms. The van der Waals surface area contributed by atoms with Crippen molar-refractivity contribution in [2.24, 2.45) is 5.41 Å². The van der Waals surface area contributed by atoms with Crippen LogP contribution in [0.5, 0.6) is 11.5 Å². The van der Waals surface area contributed by atoms with E-state index in [0.717, 1.165) is 34.6 Å². The van der Waals surface area contributed by atoms with Crippen molar-refractivity contribution in [3.05, 3.63) is 24.4 Å². The standard InChI is InChI=1S/C17H22N2O2/c1-17(6-4-7-17)11-19-16-13-10-15(21-3)14(20-2)9-12(13)5-8-18-16/h5,8-10H,4,6-7,11H2,1-3H3,(H,18,19). The summed E-state index contributed by atoms with van der Waals surface area (Å²) in [6, 6.07) is 5.98. The van der Waals surface area contributed by atoms with E-state index in [0.29, 0.717) is 5.41 Å². The van der Waals surface area contributed by atoms with Crippen molar-refractivity contribution in [3.8, 4) is 11.5 Å². The minimum absolute atomic E-state index is 0.417. The van der Waals surface area contributed by atoms with E-state index >= 15 is 0 Å². The number of nitrogens with one attached hydrogen (secondary N) is 1. The van der Waals surface area contributed by atoms with Crippen molar-refractivity contribution in [3.63, 3.8) is 0 Å².